The smallest absolute Gasteiger partial charge is 0.120 e. The highest BCUT2D eigenvalue weighted by Gasteiger charge is 2.10. The van der Waals surface area contributed by atoms with Gasteiger partial charge in [-0.1, -0.05) is 30.3 Å². The highest BCUT2D eigenvalue weighted by atomic mass is 32.2. The second-order valence-electron chi connectivity index (χ2n) is 3.88. The van der Waals surface area contributed by atoms with Gasteiger partial charge in [-0.15, -0.1) is 0 Å². The van der Waals surface area contributed by atoms with Gasteiger partial charge in [-0.3, -0.25) is 4.21 Å². The molecule has 1 atom stereocenters. The molecule has 0 bridgehead atoms. The van der Waals surface area contributed by atoms with E-state index in [2.05, 4.69) is 0 Å². The highest BCUT2D eigenvalue weighted by Crippen LogP contribution is 2.24. The second-order valence-corrected chi connectivity index (χ2v) is 5.30. The van der Waals surface area contributed by atoms with Crippen LogP contribution >= 0.6 is 0 Å². The molecule has 0 amide bonds. The zero-order valence-corrected chi connectivity index (χ0v) is 10.9. The van der Waals surface area contributed by atoms with Crippen LogP contribution in [0.4, 0.5) is 5.69 Å². The molecule has 0 fully saturated rings. The standard InChI is InChI=1S/C14H15NO2S/c1-17-12-7-8-13(15)14(9-12)18(16)10-11-5-3-2-4-6-11/h2-9H,10,15H2,1H3. The lowest BCUT2D eigenvalue weighted by atomic mass is 10.2. The summed E-state index contributed by atoms with van der Waals surface area (Å²) < 4.78 is 17.4. The predicted octanol–water partition coefficient (Wildman–Crippen LogP) is 2.59. The number of hydrogen-bond acceptors (Lipinski definition) is 3. The molecule has 1 unspecified atom stereocenters. The van der Waals surface area contributed by atoms with Gasteiger partial charge in [0.1, 0.15) is 5.75 Å². The molecule has 2 rings (SSSR count). The molecule has 0 aromatic heterocycles. The summed E-state index contributed by atoms with van der Waals surface area (Å²) in [6, 6.07) is 14.9. The third kappa shape index (κ3) is 2.90. The summed E-state index contributed by atoms with van der Waals surface area (Å²) in [6.45, 7) is 0. The van der Waals surface area contributed by atoms with Gasteiger partial charge in [0.05, 0.1) is 28.6 Å². The molecule has 94 valence electrons. The van der Waals surface area contributed by atoms with Crippen molar-refractivity contribution in [3.8, 4) is 5.75 Å². The van der Waals surface area contributed by atoms with Gasteiger partial charge in [0.2, 0.25) is 0 Å². The average Bonchev–Trinajstić information content (AvgIpc) is 2.40. The molecule has 18 heavy (non-hydrogen) atoms. The molecule has 0 aliphatic heterocycles. The minimum absolute atomic E-state index is 0.457. The third-order valence-electron chi connectivity index (χ3n) is 2.61. The van der Waals surface area contributed by atoms with Gasteiger partial charge in [0, 0.05) is 5.69 Å². The molecule has 0 aliphatic carbocycles. The molecule has 0 aliphatic rings. The van der Waals surface area contributed by atoms with Gasteiger partial charge in [-0.05, 0) is 23.8 Å². The Labute approximate surface area is 109 Å². The highest BCUT2D eigenvalue weighted by molar-refractivity contribution is 7.84. The number of anilines is 1. The lowest BCUT2D eigenvalue weighted by molar-refractivity contribution is 0.413. The van der Waals surface area contributed by atoms with Crippen molar-refractivity contribution >= 4 is 16.5 Å². The normalized spacial score (nSPS) is 12.1. The van der Waals surface area contributed by atoms with E-state index in [1.807, 2.05) is 30.3 Å². The lowest BCUT2D eigenvalue weighted by Crippen LogP contribution is -2.01. The average molecular weight is 261 g/mol. The van der Waals surface area contributed by atoms with E-state index < -0.39 is 10.8 Å². The zero-order valence-electron chi connectivity index (χ0n) is 10.1. The quantitative estimate of drug-likeness (QED) is 0.861. The van der Waals surface area contributed by atoms with Crippen molar-refractivity contribution in [2.45, 2.75) is 10.6 Å². The first-order chi connectivity index (χ1) is 8.70. The molecule has 2 aromatic carbocycles. The maximum atomic E-state index is 12.3. The Hall–Kier alpha value is -1.81. The molecular formula is C14H15NO2S. The van der Waals surface area contributed by atoms with Crippen LogP contribution in [-0.2, 0) is 16.6 Å². The summed E-state index contributed by atoms with van der Waals surface area (Å²) in [5.41, 5.74) is 7.41. The Bertz CT molecular complexity index is 555. The van der Waals surface area contributed by atoms with Crippen molar-refractivity contribution in [1.82, 2.24) is 0 Å². The van der Waals surface area contributed by atoms with Crippen molar-refractivity contribution in [3.63, 3.8) is 0 Å². The number of methoxy groups -OCH3 is 1. The van der Waals surface area contributed by atoms with Crippen molar-refractivity contribution < 1.29 is 8.95 Å². The van der Waals surface area contributed by atoms with Crippen molar-refractivity contribution in [2.24, 2.45) is 0 Å². The van der Waals surface area contributed by atoms with Crippen LogP contribution in [0.5, 0.6) is 5.75 Å². The van der Waals surface area contributed by atoms with Crippen LogP contribution in [-0.4, -0.2) is 11.3 Å². The van der Waals surface area contributed by atoms with Crippen LogP contribution in [0.2, 0.25) is 0 Å². The van der Waals surface area contributed by atoms with E-state index in [1.54, 1.807) is 25.3 Å². The van der Waals surface area contributed by atoms with Crippen LogP contribution in [0.3, 0.4) is 0 Å². The van der Waals surface area contributed by atoms with Gasteiger partial charge < -0.3 is 10.5 Å². The van der Waals surface area contributed by atoms with Gasteiger partial charge >= 0.3 is 0 Å². The Morgan fingerprint density at radius 2 is 1.89 bits per heavy atom. The van der Waals surface area contributed by atoms with E-state index in [9.17, 15) is 4.21 Å². The summed E-state index contributed by atoms with van der Waals surface area (Å²) >= 11 is 0. The molecule has 0 radical (unpaired) electrons. The Kier molecular flexibility index (Phi) is 3.99. The van der Waals surface area contributed by atoms with E-state index in [0.29, 0.717) is 22.1 Å². The monoisotopic (exact) mass is 261 g/mol. The number of nitrogen functional groups attached to an aromatic ring is 1. The van der Waals surface area contributed by atoms with Crippen LogP contribution in [0.15, 0.2) is 53.4 Å². The molecule has 0 saturated heterocycles. The number of benzene rings is 2. The Morgan fingerprint density at radius 3 is 2.56 bits per heavy atom. The lowest BCUT2D eigenvalue weighted by Gasteiger charge is -2.08. The van der Waals surface area contributed by atoms with Crippen LogP contribution in [0, 0.1) is 0 Å². The first kappa shape index (κ1) is 12.6. The van der Waals surface area contributed by atoms with Crippen LogP contribution in [0.25, 0.3) is 0 Å². The van der Waals surface area contributed by atoms with Gasteiger partial charge in [-0.25, -0.2) is 0 Å². The maximum Gasteiger partial charge on any atom is 0.120 e. The van der Waals surface area contributed by atoms with Crippen LogP contribution in [0.1, 0.15) is 5.56 Å². The summed E-state index contributed by atoms with van der Waals surface area (Å²) in [5.74, 6) is 1.12. The van der Waals surface area contributed by atoms with Gasteiger partial charge in [0.25, 0.3) is 0 Å². The molecule has 2 N–H and O–H groups in total. The molecule has 0 heterocycles. The summed E-state index contributed by atoms with van der Waals surface area (Å²) in [5, 5.41) is 0. The van der Waals surface area contributed by atoms with Crippen LogP contribution < -0.4 is 10.5 Å². The van der Waals surface area contributed by atoms with E-state index in [-0.39, 0.29) is 0 Å². The minimum atomic E-state index is -1.16. The van der Waals surface area contributed by atoms with Gasteiger partial charge in [-0.2, -0.15) is 0 Å². The number of rotatable bonds is 4. The largest absolute Gasteiger partial charge is 0.497 e. The molecule has 0 saturated carbocycles. The Balaban J connectivity index is 2.23. The maximum absolute atomic E-state index is 12.3. The fourth-order valence-corrected chi connectivity index (χ4v) is 2.87. The van der Waals surface area contributed by atoms with E-state index in [4.69, 9.17) is 10.5 Å². The van der Waals surface area contributed by atoms with E-state index in [0.717, 1.165) is 5.56 Å². The summed E-state index contributed by atoms with van der Waals surface area (Å²) in [4.78, 5) is 0.623. The third-order valence-corrected chi connectivity index (χ3v) is 4.05. The van der Waals surface area contributed by atoms with Crippen molar-refractivity contribution in [3.05, 3.63) is 54.1 Å². The number of hydrogen-bond donors (Lipinski definition) is 1. The predicted molar refractivity (Wildman–Crippen MR) is 74.0 cm³/mol. The van der Waals surface area contributed by atoms with Gasteiger partial charge in [0.15, 0.2) is 0 Å². The number of ether oxygens (including phenoxy) is 1. The molecule has 3 nitrogen and oxygen atoms in total. The Morgan fingerprint density at radius 1 is 1.17 bits per heavy atom. The number of nitrogens with two attached hydrogens (primary N) is 1. The molecular weight excluding hydrogens is 246 g/mol. The molecule has 0 spiro atoms. The first-order valence-electron chi connectivity index (χ1n) is 5.56. The SMILES string of the molecule is COc1ccc(N)c(S(=O)Cc2ccccc2)c1. The molecule has 4 heteroatoms. The molecule has 2 aromatic rings. The van der Waals surface area contributed by atoms with Crippen molar-refractivity contribution in [2.75, 3.05) is 12.8 Å². The van der Waals surface area contributed by atoms with E-state index in [1.165, 1.54) is 0 Å². The fraction of sp³-hybridized carbons (Fsp3) is 0.143. The fourth-order valence-electron chi connectivity index (χ4n) is 1.64. The zero-order chi connectivity index (χ0) is 13.0. The second kappa shape index (κ2) is 5.69. The topological polar surface area (TPSA) is 52.3 Å². The van der Waals surface area contributed by atoms with E-state index >= 15 is 0 Å². The summed E-state index contributed by atoms with van der Waals surface area (Å²) in [7, 11) is 0.416. The van der Waals surface area contributed by atoms with Crippen molar-refractivity contribution in [1.29, 1.82) is 0 Å². The minimum Gasteiger partial charge on any atom is -0.497 e. The summed E-state index contributed by atoms with van der Waals surface area (Å²) in [6.07, 6.45) is 0. The first-order valence-corrected chi connectivity index (χ1v) is 6.88.